The second-order valence-electron chi connectivity index (χ2n) is 7.86. The van der Waals surface area contributed by atoms with Crippen molar-refractivity contribution in [2.24, 2.45) is 0 Å². The Morgan fingerprint density at radius 2 is 1.83 bits per heavy atom. The first-order valence-corrected chi connectivity index (χ1v) is 9.70. The number of amides is 2. The smallest absolute Gasteiger partial charge is 0.254 e. The lowest BCUT2D eigenvalue weighted by atomic mass is 9.60. The number of fused-ring (bicyclic) bond motifs is 1. The van der Waals surface area contributed by atoms with Crippen LogP contribution in [-0.4, -0.2) is 64.8 Å². The number of carbonyl (C=O) groups is 2. The summed E-state index contributed by atoms with van der Waals surface area (Å²) in [5, 5.41) is 9.93. The maximum atomic E-state index is 13.0. The van der Waals surface area contributed by atoms with E-state index < -0.39 is 5.54 Å². The Balaban J connectivity index is 1.40. The minimum atomic E-state index is -0.466. The van der Waals surface area contributed by atoms with Crippen molar-refractivity contribution < 1.29 is 24.2 Å². The van der Waals surface area contributed by atoms with Gasteiger partial charge in [-0.15, -0.1) is 0 Å². The molecule has 2 aromatic carbocycles. The van der Waals surface area contributed by atoms with Gasteiger partial charge in [0.15, 0.2) is 11.5 Å². The average Bonchev–Trinajstić information content (AvgIpc) is 3.14. The van der Waals surface area contributed by atoms with E-state index in [2.05, 4.69) is 0 Å². The number of hydrogen-bond acceptors (Lipinski definition) is 5. The third-order valence-corrected chi connectivity index (χ3v) is 6.30. The molecule has 3 heterocycles. The Labute approximate surface area is 168 Å². The molecule has 1 N–H and O–H groups in total. The molecule has 0 bridgehead atoms. The third kappa shape index (κ3) is 2.54. The third-order valence-electron chi connectivity index (χ3n) is 6.30. The first-order chi connectivity index (χ1) is 14.0. The second-order valence-corrected chi connectivity index (χ2v) is 7.86. The van der Waals surface area contributed by atoms with Crippen LogP contribution in [0.4, 0.5) is 0 Å². The van der Waals surface area contributed by atoms with Crippen LogP contribution in [0, 0.1) is 0 Å². The SMILES string of the molecule is CC(=O)N1[C@H](CO)[C@@H](c2ccccc2)C12CN(C(=O)c1ccc3c(c1)OCO3)C2. The number of hydrogen-bond donors (Lipinski definition) is 1. The summed E-state index contributed by atoms with van der Waals surface area (Å²) in [4.78, 5) is 28.8. The summed E-state index contributed by atoms with van der Waals surface area (Å²) in [6.45, 7) is 2.46. The van der Waals surface area contributed by atoms with Crippen LogP contribution in [0.3, 0.4) is 0 Å². The van der Waals surface area contributed by atoms with Crippen LogP contribution in [0.25, 0.3) is 0 Å². The summed E-state index contributed by atoms with van der Waals surface area (Å²) in [5.74, 6) is 1.03. The summed E-state index contributed by atoms with van der Waals surface area (Å²) in [5.41, 5.74) is 1.15. The minimum Gasteiger partial charge on any atom is -0.454 e. The van der Waals surface area contributed by atoms with Gasteiger partial charge in [0.1, 0.15) is 0 Å². The highest BCUT2D eigenvalue weighted by atomic mass is 16.7. The van der Waals surface area contributed by atoms with Crippen molar-refractivity contribution >= 4 is 11.8 Å². The molecule has 0 unspecified atom stereocenters. The summed E-state index contributed by atoms with van der Waals surface area (Å²) >= 11 is 0. The van der Waals surface area contributed by atoms with Crippen LogP contribution in [-0.2, 0) is 4.79 Å². The molecule has 2 aromatic rings. The molecule has 0 aliphatic carbocycles. The Kier molecular flexibility index (Phi) is 4.03. The summed E-state index contributed by atoms with van der Waals surface area (Å²) in [7, 11) is 0. The van der Waals surface area contributed by atoms with Crippen molar-refractivity contribution in [2.75, 3.05) is 26.5 Å². The molecule has 0 aromatic heterocycles. The summed E-state index contributed by atoms with van der Waals surface area (Å²) in [6.07, 6.45) is 0. The second kappa shape index (κ2) is 6.49. The predicted molar refractivity (Wildman–Crippen MR) is 104 cm³/mol. The molecule has 2 amide bonds. The fourth-order valence-electron chi connectivity index (χ4n) is 5.15. The molecular weight excluding hydrogens is 372 g/mol. The maximum Gasteiger partial charge on any atom is 0.254 e. The molecule has 150 valence electrons. The van der Waals surface area contributed by atoms with Gasteiger partial charge < -0.3 is 24.4 Å². The molecule has 2 atom stereocenters. The molecular formula is C22H22N2O5. The van der Waals surface area contributed by atoms with Gasteiger partial charge in [-0.25, -0.2) is 0 Å². The molecule has 29 heavy (non-hydrogen) atoms. The highest BCUT2D eigenvalue weighted by Gasteiger charge is 2.67. The quantitative estimate of drug-likeness (QED) is 0.856. The number of likely N-dealkylation sites (tertiary alicyclic amines) is 2. The topological polar surface area (TPSA) is 79.3 Å². The van der Waals surface area contributed by atoms with E-state index in [1.165, 1.54) is 6.92 Å². The molecule has 0 saturated carbocycles. The predicted octanol–water partition coefficient (Wildman–Crippen LogP) is 1.62. The van der Waals surface area contributed by atoms with Crippen molar-refractivity contribution in [3.63, 3.8) is 0 Å². The van der Waals surface area contributed by atoms with E-state index in [1.54, 1.807) is 28.0 Å². The summed E-state index contributed by atoms with van der Waals surface area (Å²) < 4.78 is 10.7. The van der Waals surface area contributed by atoms with Crippen LogP contribution in [0.5, 0.6) is 11.5 Å². The molecule has 3 aliphatic rings. The molecule has 2 saturated heterocycles. The largest absolute Gasteiger partial charge is 0.454 e. The lowest BCUT2D eigenvalue weighted by molar-refractivity contribution is -0.191. The lowest BCUT2D eigenvalue weighted by Crippen LogP contribution is -2.85. The molecule has 2 fully saturated rings. The van der Waals surface area contributed by atoms with Gasteiger partial charge >= 0.3 is 0 Å². The van der Waals surface area contributed by atoms with Crippen LogP contribution in [0.1, 0.15) is 28.8 Å². The number of nitrogens with zero attached hydrogens (tertiary/aromatic N) is 2. The van der Waals surface area contributed by atoms with Crippen molar-refractivity contribution in [3.8, 4) is 11.5 Å². The first kappa shape index (κ1) is 18.0. The lowest BCUT2D eigenvalue weighted by Gasteiger charge is -2.70. The van der Waals surface area contributed by atoms with Gasteiger partial charge in [0.25, 0.3) is 5.91 Å². The van der Waals surface area contributed by atoms with Gasteiger partial charge in [0.2, 0.25) is 12.7 Å². The highest BCUT2D eigenvalue weighted by molar-refractivity contribution is 5.96. The maximum absolute atomic E-state index is 13.0. The number of aliphatic hydroxyl groups is 1. The van der Waals surface area contributed by atoms with Crippen LogP contribution in [0.2, 0.25) is 0 Å². The Morgan fingerprint density at radius 1 is 1.10 bits per heavy atom. The van der Waals surface area contributed by atoms with Crippen molar-refractivity contribution in [3.05, 3.63) is 59.7 Å². The highest BCUT2D eigenvalue weighted by Crippen LogP contribution is 2.54. The zero-order valence-corrected chi connectivity index (χ0v) is 16.1. The minimum absolute atomic E-state index is 0.00148. The number of aliphatic hydroxyl groups excluding tert-OH is 1. The van der Waals surface area contributed by atoms with E-state index in [0.717, 1.165) is 5.56 Å². The standard InChI is InChI=1S/C22H22N2O5/c1-14(26)24-17(10-25)20(15-5-3-2-4-6-15)22(24)11-23(12-22)21(27)16-7-8-18-19(9-16)29-13-28-18/h2-9,17,20,25H,10-13H2,1H3/t17-,20-/m1/s1. The molecule has 7 nitrogen and oxygen atoms in total. The first-order valence-electron chi connectivity index (χ1n) is 9.70. The van der Waals surface area contributed by atoms with Crippen LogP contribution < -0.4 is 9.47 Å². The van der Waals surface area contributed by atoms with Gasteiger partial charge in [-0.05, 0) is 23.8 Å². The number of rotatable bonds is 3. The Morgan fingerprint density at radius 3 is 2.52 bits per heavy atom. The Hall–Kier alpha value is -3.06. The van der Waals surface area contributed by atoms with Gasteiger partial charge in [-0.3, -0.25) is 9.59 Å². The van der Waals surface area contributed by atoms with E-state index in [9.17, 15) is 14.7 Å². The molecule has 1 spiro atoms. The zero-order valence-electron chi connectivity index (χ0n) is 16.1. The van der Waals surface area contributed by atoms with Gasteiger partial charge in [0, 0.05) is 31.5 Å². The zero-order chi connectivity index (χ0) is 20.2. The number of benzene rings is 2. The molecule has 5 rings (SSSR count). The van der Waals surface area contributed by atoms with E-state index in [-0.39, 0.29) is 37.2 Å². The van der Waals surface area contributed by atoms with Crippen molar-refractivity contribution in [2.45, 2.75) is 24.4 Å². The Bertz CT molecular complexity index is 970. The van der Waals surface area contributed by atoms with E-state index in [4.69, 9.17) is 9.47 Å². The molecule has 3 aliphatic heterocycles. The normalized spacial score (nSPS) is 23.5. The van der Waals surface area contributed by atoms with E-state index >= 15 is 0 Å². The van der Waals surface area contributed by atoms with Crippen LogP contribution in [0.15, 0.2) is 48.5 Å². The summed E-state index contributed by atoms with van der Waals surface area (Å²) in [6, 6.07) is 14.8. The van der Waals surface area contributed by atoms with Crippen LogP contribution >= 0.6 is 0 Å². The monoisotopic (exact) mass is 394 g/mol. The van der Waals surface area contributed by atoms with Gasteiger partial charge in [-0.1, -0.05) is 30.3 Å². The van der Waals surface area contributed by atoms with Crippen molar-refractivity contribution in [1.29, 1.82) is 0 Å². The average molecular weight is 394 g/mol. The van der Waals surface area contributed by atoms with E-state index in [1.807, 2.05) is 30.3 Å². The molecule has 0 radical (unpaired) electrons. The fourth-order valence-corrected chi connectivity index (χ4v) is 5.15. The number of carbonyl (C=O) groups excluding carboxylic acids is 2. The number of ether oxygens (including phenoxy) is 2. The molecule has 7 heteroatoms. The van der Waals surface area contributed by atoms with Crippen molar-refractivity contribution in [1.82, 2.24) is 9.80 Å². The fraction of sp³-hybridized carbons (Fsp3) is 0.364. The van der Waals surface area contributed by atoms with Gasteiger partial charge in [-0.2, -0.15) is 0 Å². The van der Waals surface area contributed by atoms with E-state index in [0.29, 0.717) is 30.2 Å². The van der Waals surface area contributed by atoms with Gasteiger partial charge in [0.05, 0.1) is 18.2 Å².